The van der Waals surface area contributed by atoms with Crippen molar-refractivity contribution in [2.45, 2.75) is 44.0 Å². The van der Waals surface area contributed by atoms with Crippen LogP contribution in [0, 0.1) is 11.6 Å². The fraction of sp³-hybridized carbons (Fsp3) is 0.364. The molecule has 0 spiro atoms. The number of ether oxygens (including phenoxy) is 1. The van der Waals surface area contributed by atoms with E-state index in [-0.39, 0.29) is 22.7 Å². The van der Waals surface area contributed by atoms with E-state index < -0.39 is 57.5 Å². The van der Waals surface area contributed by atoms with Crippen molar-refractivity contribution in [1.82, 2.24) is 10.3 Å². The highest BCUT2D eigenvalue weighted by molar-refractivity contribution is 7.80. The van der Waals surface area contributed by atoms with E-state index in [9.17, 15) is 22.0 Å². The molecule has 4 rings (SSSR count). The van der Waals surface area contributed by atoms with Crippen LogP contribution in [0.1, 0.15) is 31.9 Å². The molecule has 12 heteroatoms. The van der Waals surface area contributed by atoms with Crippen LogP contribution in [0.25, 0.3) is 22.6 Å². The lowest BCUT2D eigenvalue weighted by Gasteiger charge is -2.44. The minimum atomic E-state index is -4.66. The van der Waals surface area contributed by atoms with Gasteiger partial charge in [-0.15, -0.1) is 0 Å². The molecule has 0 bridgehead atoms. The van der Waals surface area contributed by atoms with Gasteiger partial charge in [-0.3, -0.25) is 0 Å². The van der Waals surface area contributed by atoms with Gasteiger partial charge in [-0.2, -0.15) is 13.2 Å². The summed E-state index contributed by atoms with van der Waals surface area (Å²) in [5.74, 6) is -6.78. The molecule has 2 aromatic carbocycles. The van der Waals surface area contributed by atoms with Crippen LogP contribution in [-0.4, -0.2) is 28.1 Å². The molecule has 1 saturated heterocycles. The van der Waals surface area contributed by atoms with E-state index in [1.165, 1.54) is 0 Å². The smallest absolute Gasteiger partial charge is 0.416 e. The lowest BCUT2D eigenvalue weighted by atomic mass is 9.77. The molecule has 1 aliphatic heterocycles. The number of thiocarbonyl (C=S) groups is 1. The molecule has 3 aromatic rings. The summed E-state index contributed by atoms with van der Waals surface area (Å²) < 4.78 is 110. The van der Waals surface area contributed by atoms with Gasteiger partial charge in [0.1, 0.15) is 33.3 Å². The number of fused-ring (bicyclic) bond motifs is 1. The lowest BCUT2D eigenvalue weighted by Crippen LogP contribution is -2.62. The fourth-order valence-electron chi connectivity index (χ4n) is 3.88. The summed E-state index contributed by atoms with van der Waals surface area (Å²) in [6.45, 7) is 2.87. The highest BCUT2D eigenvalue weighted by Gasteiger charge is 2.64. The molecule has 0 radical (unpaired) electrons. The normalized spacial score (nSPS) is 22.5. The van der Waals surface area contributed by atoms with E-state index >= 15 is 8.78 Å². The number of rotatable bonds is 2. The number of halogens is 7. The summed E-state index contributed by atoms with van der Waals surface area (Å²) in [4.78, 5) is 3.82. The molecular formula is C22H17F7N2O2S. The van der Waals surface area contributed by atoms with Gasteiger partial charge >= 0.3 is 12.1 Å². The van der Waals surface area contributed by atoms with Crippen LogP contribution in [0.5, 0.6) is 0 Å². The zero-order chi connectivity index (χ0) is 25.3. The van der Waals surface area contributed by atoms with Gasteiger partial charge < -0.3 is 14.5 Å². The molecule has 2 heterocycles. The van der Waals surface area contributed by atoms with E-state index in [0.717, 1.165) is 39.0 Å². The Morgan fingerprint density at radius 3 is 2.35 bits per heavy atom. The number of hydrogen-bond acceptors (Lipinski definition) is 4. The van der Waals surface area contributed by atoms with Gasteiger partial charge in [0.15, 0.2) is 5.58 Å². The predicted octanol–water partition coefficient (Wildman–Crippen LogP) is 6.37. The zero-order valence-corrected chi connectivity index (χ0v) is 18.7. The molecule has 1 fully saturated rings. The summed E-state index contributed by atoms with van der Waals surface area (Å²) in [5.41, 5.74) is -7.12. The number of alkyl halides is 5. The van der Waals surface area contributed by atoms with Crippen LogP contribution in [0.2, 0.25) is 0 Å². The standard InChI is InChI=1S/C22H17F7N2O2S/c1-19(2)22(28,29)20(3,31-17(34)9-32-19)12-7-11(13(23)8-14(12)24)18-30-15-5-4-10(21(25,26)27)6-16(15)33-18/h4-8H,9H2,1-3H3,(H,31,34)/t20-/m1/s1. The summed E-state index contributed by atoms with van der Waals surface area (Å²) in [7, 11) is 0. The largest absolute Gasteiger partial charge is 0.436 e. The maximum Gasteiger partial charge on any atom is 0.416 e. The average Bonchev–Trinajstić information content (AvgIpc) is 3.12. The fourth-order valence-corrected chi connectivity index (χ4v) is 4.14. The first-order valence-electron chi connectivity index (χ1n) is 9.87. The molecule has 0 unspecified atom stereocenters. The van der Waals surface area contributed by atoms with Gasteiger partial charge in [0.05, 0.1) is 17.7 Å². The van der Waals surface area contributed by atoms with Crippen molar-refractivity contribution in [2.75, 3.05) is 6.61 Å². The molecule has 0 amide bonds. The number of oxazole rings is 1. The van der Waals surface area contributed by atoms with Gasteiger partial charge in [-0.05, 0) is 45.0 Å². The van der Waals surface area contributed by atoms with Crippen molar-refractivity contribution in [3.63, 3.8) is 0 Å². The Bertz CT molecular complexity index is 1300. The van der Waals surface area contributed by atoms with E-state index in [0.29, 0.717) is 12.1 Å². The van der Waals surface area contributed by atoms with Crippen LogP contribution in [-0.2, 0) is 16.5 Å². The third kappa shape index (κ3) is 3.72. The third-order valence-electron chi connectivity index (χ3n) is 5.88. The number of benzene rings is 2. The quantitative estimate of drug-likeness (QED) is 0.324. The Labute approximate surface area is 194 Å². The number of nitrogens with zero attached hydrogens (tertiary/aromatic N) is 1. The molecule has 34 heavy (non-hydrogen) atoms. The van der Waals surface area contributed by atoms with Crippen LogP contribution < -0.4 is 5.32 Å². The van der Waals surface area contributed by atoms with Gasteiger partial charge in [0, 0.05) is 11.6 Å². The molecule has 0 aliphatic carbocycles. The summed E-state index contributed by atoms with van der Waals surface area (Å²) in [5, 5.41) is 2.43. The van der Waals surface area contributed by atoms with Crippen molar-refractivity contribution in [3.8, 4) is 11.5 Å². The lowest BCUT2D eigenvalue weighted by molar-refractivity contribution is -0.216. The van der Waals surface area contributed by atoms with E-state index in [1.54, 1.807) is 0 Å². The maximum absolute atomic E-state index is 15.6. The monoisotopic (exact) mass is 506 g/mol. The highest BCUT2D eigenvalue weighted by atomic mass is 32.1. The van der Waals surface area contributed by atoms with Crippen molar-refractivity contribution in [3.05, 3.63) is 53.1 Å². The van der Waals surface area contributed by atoms with Crippen LogP contribution >= 0.6 is 12.2 Å². The average molecular weight is 506 g/mol. The summed E-state index contributed by atoms with van der Waals surface area (Å²) in [6.07, 6.45) is -4.66. The van der Waals surface area contributed by atoms with Crippen molar-refractivity contribution >= 4 is 28.3 Å². The molecule has 4 nitrogen and oxygen atoms in total. The second kappa shape index (κ2) is 7.64. The van der Waals surface area contributed by atoms with E-state index in [4.69, 9.17) is 21.4 Å². The van der Waals surface area contributed by atoms with Crippen LogP contribution in [0.4, 0.5) is 30.7 Å². The number of nitrogens with one attached hydrogen (secondary N) is 1. The first-order valence-corrected chi connectivity index (χ1v) is 10.3. The van der Waals surface area contributed by atoms with E-state index in [1.807, 2.05) is 0 Å². The molecule has 182 valence electrons. The summed E-state index contributed by atoms with van der Waals surface area (Å²) in [6, 6.07) is 3.63. The number of aromatic nitrogens is 1. The molecule has 1 aliphatic rings. The van der Waals surface area contributed by atoms with Crippen LogP contribution in [0.3, 0.4) is 0 Å². The van der Waals surface area contributed by atoms with Gasteiger partial charge in [0.2, 0.25) is 5.89 Å². The molecule has 1 aromatic heterocycles. The maximum atomic E-state index is 15.6. The third-order valence-corrected chi connectivity index (χ3v) is 6.10. The minimum absolute atomic E-state index is 0.0341. The number of hydrogen-bond donors (Lipinski definition) is 1. The molecular weight excluding hydrogens is 489 g/mol. The molecule has 0 saturated carbocycles. The summed E-state index contributed by atoms with van der Waals surface area (Å²) >= 11 is 5.04. The van der Waals surface area contributed by atoms with Gasteiger partial charge in [-0.1, -0.05) is 12.2 Å². The predicted molar refractivity (Wildman–Crippen MR) is 112 cm³/mol. The zero-order valence-electron chi connectivity index (χ0n) is 17.9. The van der Waals surface area contributed by atoms with Crippen molar-refractivity contribution in [2.24, 2.45) is 0 Å². The molecule has 1 N–H and O–H groups in total. The van der Waals surface area contributed by atoms with Gasteiger partial charge in [-0.25, -0.2) is 22.5 Å². The Morgan fingerprint density at radius 1 is 1.03 bits per heavy atom. The van der Waals surface area contributed by atoms with Crippen molar-refractivity contribution in [1.29, 1.82) is 0 Å². The van der Waals surface area contributed by atoms with E-state index in [2.05, 4.69) is 10.3 Å². The van der Waals surface area contributed by atoms with Crippen molar-refractivity contribution < 1.29 is 39.9 Å². The Balaban J connectivity index is 1.90. The second-order valence-corrected chi connectivity index (χ2v) is 9.05. The van der Waals surface area contributed by atoms with Gasteiger partial charge in [0.25, 0.3) is 0 Å². The second-order valence-electron chi connectivity index (χ2n) is 8.56. The Morgan fingerprint density at radius 2 is 1.71 bits per heavy atom. The SMILES string of the molecule is CC1(C)OCC(=S)N[C@](C)(c2cc(-c3nc4ccc(C(F)(F)F)cc4o3)c(F)cc2F)C1(F)F. The first kappa shape index (κ1) is 24.4. The van der Waals surface area contributed by atoms with Crippen LogP contribution in [0.15, 0.2) is 34.7 Å². The topological polar surface area (TPSA) is 47.3 Å². The Kier molecular flexibility index (Phi) is 5.48. The highest BCUT2D eigenvalue weighted by Crippen LogP contribution is 2.49. The molecule has 1 atom stereocenters. The minimum Gasteiger partial charge on any atom is -0.436 e. The Hall–Kier alpha value is -2.73. The first-order chi connectivity index (χ1) is 15.6.